The van der Waals surface area contributed by atoms with Crippen LogP contribution in [0.1, 0.15) is 34.6 Å². The molecule has 0 saturated heterocycles. The minimum Gasteiger partial charge on any atom is -0.493 e. The first-order valence-corrected chi connectivity index (χ1v) is 9.17. The van der Waals surface area contributed by atoms with Gasteiger partial charge in [-0.3, -0.25) is 35.3 Å². The van der Waals surface area contributed by atoms with Crippen LogP contribution in [0.5, 0.6) is 11.5 Å². The number of carbonyl (C=O) groups excluding carboxylic acids is 3. The van der Waals surface area contributed by atoms with E-state index < -0.39 is 29.2 Å². The Kier molecular flexibility index (Phi) is 7.89. The fraction of sp³-hybridized carbons (Fsp3) is 0.250. The molecule has 0 radical (unpaired) electrons. The number of nitrogens with one attached hydrogen (secondary N) is 3. The van der Waals surface area contributed by atoms with Crippen molar-refractivity contribution in [1.29, 1.82) is 0 Å². The molecule has 11 nitrogen and oxygen atoms in total. The van der Waals surface area contributed by atoms with Crippen molar-refractivity contribution >= 4 is 23.4 Å². The molecule has 0 aliphatic carbocycles. The number of nitro benzene ring substituents is 1. The summed E-state index contributed by atoms with van der Waals surface area (Å²) in [7, 11) is 1.44. The minimum atomic E-state index is -0.696. The second-order valence-electron chi connectivity index (χ2n) is 6.52. The standard InChI is InChI=1S/C20H22N4O7/c1-12(2)31-16-8-7-14(10-17(16)30-3)20(27)23-22-18(25)11-21-19(26)13-5-4-6-15(9-13)24(28)29/h4-10,12H,11H2,1-3H3,(H,21,26)(H,22,25)(H,23,27). The van der Waals surface area contributed by atoms with Gasteiger partial charge >= 0.3 is 0 Å². The highest BCUT2D eigenvalue weighted by Crippen LogP contribution is 2.28. The lowest BCUT2D eigenvalue weighted by atomic mass is 10.2. The van der Waals surface area contributed by atoms with Crippen LogP contribution in [0.3, 0.4) is 0 Å². The summed E-state index contributed by atoms with van der Waals surface area (Å²) in [6.45, 7) is 3.26. The van der Waals surface area contributed by atoms with E-state index in [0.29, 0.717) is 11.5 Å². The molecule has 11 heteroatoms. The molecule has 0 fully saturated rings. The van der Waals surface area contributed by atoms with Crippen LogP contribution in [0, 0.1) is 10.1 Å². The van der Waals surface area contributed by atoms with Crippen LogP contribution in [-0.2, 0) is 4.79 Å². The summed E-state index contributed by atoms with van der Waals surface area (Å²) < 4.78 is 10.8. The first-order chi connectivity index (χ1) is 14.7. The highest BCUT2D eigenvalue weighted by Gasteiger charge is 2.15. The second kappa shape index (κ2) is 10.6. The van der Waals surface area contributed by atoms with Gasteiger partial charge in [-0.2, -0.15) is 0 Å². The normalized spacial score (nSPS) is 10.2. The molecular weight excluding hydrogens is 408 g/mol. The zero-order chi connectivity index (χ0) is 23.0. The van der Waals surface area contributed by atoms with Crippen molar-refractivity contribution in [3.63, 3.8) is 0 Å². The predicted octanol–water partition coefficient (Wildman–Crippen LogP) is 1.58. The molecule has 0 aliphatic heterocycles. The number of ether oxygens (including phenoxy) is 2. The molecule has 0 saturated carbocycles. The average Bonchev–Trinajstić information content (AvgIpc) is 2.75. The third kappa shape index (κ3) is 6.70. The number of rotatable bonds is 8. The summed E-state index contributed by atoms with van der Waals surface area (Å²) in [5, 5.41) is 13.1. The number of hydrogen-bond acceptors (Lipinski definition) is 7. The zero-order valence-electron chi connectivity index (χ0n) is 17.1. The molecule has 3 N–H and O–H groups in total. The Balaban J connectivity index is 1.88. The highest BCUT2D eigenvalue weighted by molar-refractivity contribution is 5.98. The van der Waals surface area contributed by atoms with Crippen LogP contribution in [0.2, 0.25) is 0 Å². The van der Waals surface area contributed by atoms with Gasteiger partial charge in [-0.25, -0.2) is 0 Å². The van der Waals surface area contributed by atoms with Gasteiger partial charge in [0.05, 0.1) is 24.7 Å². The maximum absolute atomic E-state index is 12.2. The summed E-state index contributed by atoms with van der Waals surface area (Å²) in [5.41, 5.74) is 4.39. The van der Waals surface area contributed by atoms with Crippen molar-refractivity contribution in [3.05, 3.63) is 63.7 Å². The van der Waals surface area contributed by atoms with E-state index >= 15 is 0 Å². The number of carbonyl (C=O) groups is 3. The van der Waals surface area contributed by atoms with E-state index in [2.05, 4.69) is 16.2 Å². The quantitative estimate of drug-likeness (QED) is 0.425. The van der Waals surface area contributed by atoms with Gasteiger partial charge in [-0.15, -0.1) is 0 Å². The van der Waals surface area contributed by atoms with Gasteiger partial charge in [-0.05, 0) is 38.1 Å². The summed E-state index contributed by atoms with van der Waals surface area (Å²) in [5.74, 6) is -1.14. The van der Waals surface area contributed by atoms with Crippen LogP contribution in [0.25, 0.3) is 0 Å². The third-order valence-electron chi connectivity index (χ3n) is 3.83. The van der Waals surface area contributed by atoms with Gasteiger partial charge in [0.2, 0.25) is 0 Å². The molecule has 0 unspecified atom stereocenters. The Morgan fingerprint density at radius 3 is 2.35 bits per heavy atom. The predicted molar refractivity (Wildman–Crippen MR) is 110 cm³/mol. The minimum absolute atomic E-state index is 0.0295. The van der Waals surface area contributed by atoms with Crippen LogP contribution < -0.4 is 25.6 Å². The number of nitro groups is 1. The van der Waals surface area contributed by atoms with E-state index in [4.69, 9.17) is 9.47 Å². The molecule has 0 heterocycles. The van der Waals surface area contributed by atoms with Gasteiger partial charge in [0.25, 0.3) is 23.4 Å². The van der Waals surface area contributed by atoms with Crippen molar-refractivity contribution in [2.45, 2.75) is 20.0 Å². The maximum atomic E-state index is 12.2. The van der Waals surface area contributed by atoms with Crippen molar-refractivity contribution in [3.8, 4) is 11.5 Å². The van der Waals surface area contributed by atoms with Crippen LogP contribution in [0.4, 0.5) is 5.69 Å². The van der Waals surface area contributed by atoms with Gasteiger partial charge < -0.3 is 14.8 Å². The summed E-state index contributed by atoms with van der Waals surface area (Å²) in [4.78, 5) is 46.3. The second-order valence-corrected chi connectivity index (χ2v) is 6.52. The highest BCUT2D eigenvalue weighted by atomic mass is 16.6. The number of methoxy groups -OCH3 is 1. The van der Waals surface area contributed by atoms with E-state index in [9.17, 15) is 24.5 Å². The molecule has 3 amide bonds. The number of hydrazine groups is 1. The largest absolute Gasteiger partial charge is 0.493 e. The topological polar surface area (TPSA) is 149 Å². The van der Waals surface area contributed by atoms with Gasteiger partial charge in [0.1, 0.15) is 0 Å². The molecule has 0 spiro atoms. The van der Waals surface area contributed by atoms with E-state index in [1.807, 2.05) is 13.8 Å². The summed E-state index contributed by atoms with van der Waals surface area (Å²) in [6.07, 6.45) is -0.0786. The first-order valence-electron chi connectivity index (χ1n) is 9.17. The van der Waals surface area contributed by atoms with Crippen molar-refractivity contribution in [2.75, 3.05) is 13.7 Å². The van der Waals surface area contributed by atoms with E-state index in [-0.39, 0.29) is 22.9 Å². The lowest BCUT2D eigenvalue weighted by Crippen LogP contribution is -2.46. The third-order valence-corrected chi connectivity index (χ3v) is 3.83. The number of non-ortho nitro benzene ring substituents is 1. The molecule has 31 heavy (non-hydrogen) atoms. The number of amides is 3. The molecule has 2 aromatic carbocycles. The Labute approximate surface area is 177 Å². The van der Waals surface area contributed by atoms with Gasteiger partial charge in [-0.1, -0.05) is 6.07 Å². The van der Waals surface area contributed by atoms with Crippen molar-refractivity contribution in [2.24, 2.45) is 0 Å². The van der Waals surface area contributed by atoms with E-state index in [1.165, 1.54) is 37.4 Å². The molecule has 2 rings (SSSR count). The molecule has 164 valence electrons. The molecule has 0 aromatic heterocycles. The SMILES string of the molecule is COc1cc(C(=O)NNC(=O)CNC(=O)c2cccc([N+](=O)[O-])c2)ccc1OC(C)C. The van der Waals surface area contributed by atoms with Crippen molar-refractivity contribution < 1.29 is 28.8 Å². The van der Waals surface area contributed by atoms with Gasteiger partial charge in [0, 0.05) is 23.3 Å². The summed E-state index contributed by atoms with van der Waals surface area (Å²) in [6, 6.07) is 9.62. The lowest BCUT2D eigenvalue weighted by Gasteiger charge is -2.14. The number of nitrogens with zero attached hydrogens (tertiary/aromatic N) is 1. The first kappa shape index (κ1) is 23.1. The Bertz CT molecular complexity index is 991. The number of hydrogen-bond donors (Lipinski definition) is 3. The maximum Gasteiger partial charge on any atom is 0.270 e. The summed E-state index contributed by atoms with van der Waals surface area (Å²) >= 11 is 0. The number of benzene rings is 2. The van der Waals surface area contributed by atoms with Crippen molar-refractivity contribution in [1.82, 2.24) is 16.2 Å². The van der Waals surface area contributed by atoms with Crippen LogP contribution in [0.15, 0.2) is 42.5 Å². The molecule has 0 aliphatic rings. The Hall–Kier alpha value is -4.15. The fourth-order valence-corrected chi connectivity index (χ4v) is 2.43. The fourth-order valence-electron chi connectivity index (χ4n) is 2.43. The monoisotopic (exact) mass is 430 g/mol. The molecular formula is C20H22N4O7. The van der Waals surface area contributed by atoms with E-state index in [1.54, 1.807) is 6.07 Å². The lowest BCUT2D eigenvalue weighted by molar-refractivity contribution is -0.384. The smallest absolute Gasteiger partial charge is 0.270 e. The molecule has 2 aromatic rings. The molecule has 0 bridgehead atoms. The average molecular weight is 430 g/mol. The Morgan fingerprint density at radius 2 is 1.71 bits per heavy atom. The van der Waals surface area contributed by atoms with Crippen LogP contribution >= 0.6 is 0 Å². The van der Waals surface area contributed by atoms with Crippen LogP contribution in [-0.4, -0.2) is 42.4 Å². The zero-order valence-corrected chi connectivity index (χ0v) is 17.1. The molecule has 0 atom stereocenters. The Morgan fingerprint density at radius 1 is 1.00 bits per heavy atom. The van der Waals surface area contributed by atoms with E-state index in [0.717, 1.165) is 6.07 Å². The van der Waals surface area contributed by atoms with Gasteiger partial charge in [0.15, 0.2) is 11.5 Å².